The second-order valence-corrected chi connectivity index (χ2v) is 7.25. The minimum Gasteiger partial charge on any atom is -0.324 e. The molecule has 0 aromatic heterocycles. The van der Waals surface area contributed by atoms with Crippen molar-refractivity contribution in [3.8, 4) is 28.3 Å². The van der Waals surface area contributed by atoms with E-state index in [2.05, 4.69) is 59.4 Å². The van der Waals surface area contributed by atoms with E-state index in [0.717, 1.165) is 33.6 Å². The molecule has 0 aliphatic rings. The normalized spacial score (nSPS) is 10.8. The van der Waals surface area contributed by atoms with Gasteiger partial charge < -0.3 is 4.90 Å². The van der Waals surface area contributed by atoms with Gasteiger partial charge in [-0.2, -0.15) is 5.26 Å². The Labute approximate surface area is 188 Å². The molecule has 4 aromatic carbocycles. The van der Waals surface area contributed by atoms with E-state index in [1.54, 1.807) is 0 Å². The zero-order valence-electron chi connectivity index (χ0n) is 17.5. The van der Waals surface area contributed by atoms with Crippen molar-refractivity contribution in [2.45, 2.75) is 6.42 Å². The molecule has 0 radical (unpaired) electrons. The number of rotatable bonds is 6. The number of nitriles is 1. The fraction of sp³-hybridized carbons (Fsp3) is 0.0345. The summed E-state index contributed by atoms with van der Waals surface area (Å²) in [6.07, 6.45) is 1.57. The van der Waals surface area contributed by atoms with E-state index in [-0.39, 0.29) is 6.42 Å². The number of hydrogen-bond acceptors (Lipinski definition) is 2. The quantitative estimate of drug-likeness (QED) is 0.303. The zero-order valence-corrected chi connectivity index (χ0v) is 17.5. The van der Waals surface area contributed by atoms with Gasteiger partial charge in [0.2, 0.25) is 0 Å². The van der Waals surface area contributed by atoms with Crippen molar-refractivity contribution >= 4 is 11.4 Å². The first-order chi connectivity index (χ1) is 15.8. The van der Waals surface area contributed by atoms with Crippen molar-refractivity contribution in [2.75, 3.05) is 4.90 Å². The van der Waals surface area contributed by atoms with Crippen LogP contribution in [0, 0.1) is 17.9 Å². The Hall–Kier alpha value is -4.60. The van der Waals surface area contributed by atoms with Crippen LogP contribution in [0.4, 0.5) is 11.4 Å². The highest BCUT2D eigenvalue weighted by atomic mass is 15.2. The summed E-state index contributed by atoms with van der Waals surface area (Å²) in [5.74, 6) is 0. The standard InChI is InChI=1S/C29H21N3/c1-31-22-29(20-21-30)32(27-16-12-25(13-17-27)23-8-4-2-5-9-23)28-18-14-26(15-19-28)24-10-6-3-7-11-24/h2-19,22H,20H2/b29-22-. The fourth-order valence-corrected chi connectivity index (χ4v) is 3.69. The zero-order chi connectivity index (χ0) is 22.2. The number of nitrogens with zero attached hydrogens (tertiary/aromatic N) is 3. The molecule has 4 rings (SSSR count). The van der Waals surface area contributed by atoms with Gasteiger partial charge in [0, 0.05) is 17.1 Å². The van der Waals surface area contributed by atoms with E-state index >= 15 is 0 Å². The van der Waals surface area contributed by atoms with Crippen LogP contribution in [0.2, 0.25) is 0 Å². The second-order valence-electron chi connectivity index (χ2n) is 7.25. The molecule has 3 nitrogen and oxygen atoms in total. The molecule has 0 spiro atoms. The SMILES string of the molecule is [C-]#[N+]/C=C(/CC#N)N(c1ccc(-c2ccccc2)cc1)c1ccc(-c2ccccc2)cc1. The van der Waals surface area contributed by atoms with Crippen molar-refractivity contribution in [1.29, 1.82) is 5.26 Å². The highest BCUT2D eigenvalue weighted by Gasteiger charge is 2.15. The molecule has 0 fully saturated rings. The summed E-state index contributed by atoms with van der Waals surface area (Å²) in [6.45, 7) is 7.34. The summed E-state index contributed by atoms with van der Waals surface area (Å²) in [4.78, 5) is 5.43. The van der Waals surface area contributed by atoms with Gasteiger partial charge in [-0.15, -0.1) is 0 Å². The molecule has 0 heterocycles. The molecule has 0 amide bonds. The Bertz CT molecular complexity index is 1190. The maximum absolute atomic E-state index is 9.37. The van der Waals surface area contributed by atoms with E-state index in [9.17, 15) is 5.26 Å². The first kappa shape index (κ1) is 20.7. The van der Waals surface area contributed by atoms with E-state index in [0.29, 0.717) is 5.70 Å². The lowest BCUT2D eigenvalue weighted by molar-refractivity contribution is 1.08. The molecule has 0 unspecified atom stereocenters. The summed E-state index contributed by atoms with van der Waals surface area (Å²) in [6, 6.07) is 39.0. The lowest BCUT2D eigenvalue weighted by Gasteiger charge is -2.27. The molecule has 0 N–H and O–H groups in total. The van der Waals surface area contributed by atoms with Crippen molar-refractivity contribution in [3.63, 3.8) is 0 Å². The third-order valence-corrected chi connectivity index (χ3v) is 5.23. The van der Waals surface area contributed by atoms with Crippen molar-refractivity contribution in [3.05, 3.63) is 133 Å². The Morgan fingerprint density at radius 2 is 1.09 bits per heavy atom. The number of allylic oxidation sites excluding steroid dienone is 1. The van der Waals surface area contributed by atoms with Gasteiger partial charge in [0.1, 0.15) is 0 Å². The molecule has 0 bridgehead atoms. The molecule has 0 saturated heterocycles. The van der Waals surface area contributed by atoms with Gasteiger partial charge in [-0.05, 0) is 46.5 Å². The average Bonchev–Trinajstić information content (AvgIpc) is 2.86. The predicted octanol–water partition coefficient (Wildman–Crippen LogP) is 7.83. The molecule has 3 heteroatoms. The van der Waals surface area contributed by atoms with Crippen LogP contribution < -0.4 is 4.90 Å². The van der Waals surface area contributed by atoms with Gasteiger partial charge in [-0.1, -0.05) is 84.9 Å². The summed E-state index contributed by atoms with van der Waals surface area (Å²) in [5.41, 5.74) is 6.97. The van der Waals surface area contributed by atoms with Gasteiger partial charge in [-0.25, -0.2) is 4.85 Å². The highest BCUT2D eigenvalue weighted by molar-refractivity contribution is 5.75. The van der Waals surface area contributed by atoms with Crippen molar-refractivity contribution in [2.24, 2.45) is 0 Å². The van der Waals surface area contributed by atoms with Crippen LogP contribution in [0.25, 0.3) is 27.1 Å². The van der Waals surface area contributed by atoms with Crippen molar-refractivity contribution < 1.29 is 0 Å². The lowest BCUT2D eigenvalue weighted by atomic mass is 10.0. The molecular formula is C29H21N3. The number of benzene rings is 4. The third-order valence-electron chi connectivity index (χ3n) is 5.23. The van der Waals surface area contributed by atoms with Crippen LogP contribution in [0.15, 0.2) is 121 Å². The molecular weight excluding hydrogens is 390 g/mol. The van der Waals surface area contributed by atoms with Gasteiger partial charge in [0.05, 0.1) is 19.1 Å². The number of hydrogen-bond donors (Lipinski definition) is 0. The van der Waals surface area contributed by atoms with E-state index < -0.39 is 0 Å². The first-order valence-electron chi connectivity index (χ1n) is 10.3. The molecule has 0 atom stereocenters. The Morgan fingerprint density at radius 3 is 1.47 bits per heavy atom. The lowest BCUT2D eigenvalue weighted by Crippen LogP contribution is -2.16. The fourth-order valence-electron chi connectivity index (χ4n) is 3.69. The van der Waals surface area contributed by atoms with Crippen LogP contribution in [0.5, 0.6) is 0 Å². The van der Waals surface area contributed by atoms with Gasteiger partial charge >= 0.3 is 0 Å². The molecule has 0 aliphatic heterocycles. The van der Waals surface area contributed by atoms with Crippen LogP contribution >= 0.6 is 0 Å². The van der Waals surface area contributed by atoms with E-state index in [1.165, 1.54) is 6.20 Å². The predicted molar refractivity (Wildman–Crippen MR) is 131 cm³/mol. The topological polar surface area (TPSA) is 31.4 Å². The minimum atomic E-state index is 0.142. The molecule has 4 aromatic rings. The Morgan fingerprint density at radius 1 is 0.688 bits per heavy atom. The molecule has 32 heavy (non-hydrogen) atoms. The molecule has 0 saturated carbocycles. The summed E-state index contributed by atoms with van der Waals surface area (Å²) >= 11 is 0. The molecule has 0 aliphatic carbocycles. The minimum absolute atomic E-state index is 0.142. The smallest absolute Gasteiger partial charge is 0.174 e. The number of anilines is 2. The largest absolute Gasteiger partial charge is 0.324 e. The Balaban J connectivity index is 1.74. The van der Waals surface area contributed by atoms with Crippen LogP contribution in [0.3, 0.4) is 0 Å². The Kier molecular flexibility index (Phi) is 6.42. The van der Waals surface area contributed by atoms with Crippen molar-refractivity contribution in [1.82, 2.24) is 0 Å². The molecule has 152 valence electrons. The van der Waals surface area contributed by atoms with Gasteiger partial charge in [-0.3, -0.25) is 0 Å². The average molecular weight is 412 g/mol. The van der Waals surface area contributed by atoms with Crippen LogP contribution in [-0.4, -0.2) is 0 Å². The van der Waals surface area contributed by atoms with Crippen LogP contribution in [-0.2, 0) is 0 Å². The van der Waals surface area contributed by atoms with Crippen LogP contribution in [0.1, 0.15) is 6.42 Å². The maximum Gasteiger partial charge on any atom is 0.174 e. The highest BCUT2D eigenvalue weighted by Crippen LogP contribution is 2.34. The first-order valence-corrected chi connectivity index (χ1v) is 10.3. The monoisotopic (exact) mass is 411 g/mol. The van der Waals surface area contributed by atoms with E-state index in [4.69, 9.17) is 6.57 Å². The summed E-state index contributed by atoms with van der Waals surface area (Å²) in [5, 5.41) is 9.37. The van der Waals surface area contributed by atoms with Gasteiger partial charge in [0.15, 0.2) is 6.20 Å². The van der Waals surface area contributed by atoms with Gasteiger partial charge in [0.25, 0.3) is 0 Å². The second kappa shape index (κ2) is 9.94. The summed E-state index contributed by atoms with van der Waals surface area (Å²) in [7, 11) is 0. The summed E-state index contributed by atoms with van der Waals surface area (Å²) < 4.78 is 0. The third kappa shape index (κ3) is 4.59. The van der Waals surface area contributed by atoms with E-state index in [1.807, 2.05) is 65.6 Å². The maximum atomic E-state index is 9.37.